The molecule has 2 amide bonds. The fourth-order valence-electron chi connectivity index (χ4n) is 3.88. The second-order valence-corrected chi connectivity index (χ2v) is 7.90. The predicted octanol–water partition coefficient (Wildman–Crippen LogP) is 4.75. The maximum Gasteiger partial charge on any atom is 0.251 e. The standard InChI is InChI=1S/C22H23ClN2O2/c23-20-8-4-3-7-17(20)18-13-19(18)22(27)25-16-11-9-14(10-12-16)21(26)24-15-5-1-2-6-15/h3-4,7-12,15,18-19H,1-2,5-6,13H2,(H,24,26)(H,25,27). The molecule has 4 rings (SSSR count). The van der Waals surface area contributed by atoms with Crippen molar-refractivity contribution in [3.63, 3.8) is 0 Å². The Morgan fingerprint density at radius 2 is 1.67 bits per heavy atom. The molecule has 2 atom stereocenters. The highest BCUT2D eigenvalue weighted by Gasteiger charge is 2.44. The van der Waals surface area contributed by atoms with Gasteiger partial charge in [0, 0.05) is 28.2 Å². The first kappa shape index (κ1) is 18.1. The minimum Gasteiger partial charge on any atom is -0.349 e. The van der Waals surface area contributed by atoms with Gasteiger partial charge >= 0.3 is 0 Å². The highest BCUT2D eigenvalue weighted by Crippen LogP contribution is 2.49. The molecule has 0 aliphatic heterocycles. The minimum absolute atomic E-state index is 0.00285. The summed E-state index contributed by atoms with van der Waals surface area (Å²) in [5.74, 6) is 0.106. The number of nitrogens with one attached hydrogen (secondary N) is 2. The Hall–Kier alpha value is -2.33. The van der Waals surface area contributed by atoms with Crippen LogP contribution in [-0.4, -0.2) is 17.9 Å². The van der Waals surface area contributed by atoms with Gasteiger partial charge in [0.15, 0.2) is 0 Å². The lowest BCUT2D eigenvalue weighted by Gasteiger charge is -2.12. The highest BCUT2D eigenvalue weighted by molar-refractivity contribution is 6.31. The number of halogens is 1. The molecule has 2 saturated carbocycles. The second-order valence-electron chi connectivity index (χ2n) is 7.49. The topological polar surface area (TPSA) is 58.2 Å². The molecule has 5 heteroatoms. The number of carbonyl (C=O) groups is 2. The minimum atomic E-state index is -0.0461. The number of amides is 2. The molecule has 0 spiro atoms. The van der Waals surface area contributed by atoms with Gasteiger partial charge in [-0.2, -0.15) is 0 Å². The zero-order chi connectivity index (χ0) is 18.8. The molecule has 2 aliphatic rings. The third kappa shape index (κ3) is 4.16. The molecule has 0 bridgehead atoms. The molecule has 0 radical (unpaired) electrons. The van der Waals surface area contributed by atoms with Gasteiger partial charge in [-0.3, -0.25) is 9.59 Å². The van der Waals surface area contributed by atoms with Gasteiger partial charge in [0.2, 0.25) is 5.91 Å². The average Bonchev–Trinajstić information content (AvgIpc) is 3.31. The van der Waals surface area contributed by atoms with Gasteiger partial charge in [-0.15, -0.1) is 0 Å². The molecule has 27 heavy (non-hydrogen) atoms. The van der Waals surface area contributed by atoms with Crippen LogP contribution in [0.4, 0.5) is 5.69 Å². The Labute approximate surface area is 164 Å². The Bertz CT molecular complexity index is 844. The fraction of sp³-hybridized carbons (Fsp3) is 0.364. The lowest BCUT2D eigenvalue weighted by atomic mass is 10.1. The third-order valence-corrected chi connectivity index (χ3v) is 5.88. The summed E-state index contributed by atoms with van der Waals surface area (Å²) in [6.45, 7) is 0. The van der Waals surface area contributed by atoms with E-state index in [1.807, 2.05) is 24.3 Å². The second kappa shape index (κ2) is 7.73. The Morgan fingerprint density at radius 1 is 0.963 bits per heavy atom. The van der Waals surface area contributed by atoms with E-state index >= 15 is 0 Å². The number of benzene rings is 2. The van der Waals surface area contributed by atoms with Crippen molar-refractivity contribution in [1.82, 2.24) is 5.32 Å². The summed E-state index contributed by atoms with van der Waals surface area (Å²) < 4.78 is 0. The van der Waals surface area contributed by atoms with Crippen LogP contribution in [0.1, 0.15) is 53.9 Å². The summed E-state index contributed by atoms with van der Waals surface area (Å²) in [7, 11) is 0. The maximum absolute atomic E-state index is 12.5. The zero-order valence-corrected chi connectivity index (χ0v) is 15.8. The van der Waals surface area contributed by atoms with Gasteiger partial charge < -0.3 is 10.6 Å². The molecule has 2 fully saturated rings. The number of anilines is 1. The van der Waals surface area contributed by atoms with E-state index in [1.54, 1.807) is 24.3 Å². The Kier molecular flexibility index (Phi) is 5.17. The van der Waals surface area contributed by atoms with Gasteiger partial charge in [-0.1, -0.05) is 42.6 Å². The first-order valence-electron chi connectivity index (χ1n) is 9.58. The number of rotatable bonds is 5. The van der Waals surface area contributed by atoms with Gasteiger partial charge in [-0.25, -0.2) is 0 Å². The van der Waals surface area contributed by atoms with Crippen molar-refractivity contribution in [3.05, 3.63) is 64.7 Å². The first-order valence-corrected chi connectivity index (χ1v) is 9.96. The van der Waals surface area contributed by atoms with Crippen LogP contribution in [0.2, 0.25) is 5.02 Å². The van der Waals surface area contributed by atoms with E-state index in [4.69, 9.17) is 11.6 Å². The molecular weight excluding hydrogens is 360 g/mol. The van der Waals surface area contributed by atoms with Crippen LogP contribution in [-0.2, 0) is 4.79 Å². The molecule has 0 saturated heterocycles. The van der Waals surface area contributed by atoms with Crippen molar-refractivity contribution in [3.8, 4) is 0 Å². The molecule has 2 aromatic carbocycles. The quantitative estimate of drug-likeness (QED) is 0.783. The van der Waals surface area contributed by atoms with Crippen LogP contribution >= 0.6 is 11.6 Å². The maximum atomic E-state index is 12.5. The summed E-state index contributed by atoms with van der Waals surface area (Å²) in [5, 5.41) is 6.74. The Morgan fingerprint density at radius 3 is 2.37 bits per heavy atom. The van der Waals surface area contributed by atoms with Gasteiger partial charge in [-0.05, 0) is 61.1 Å². The normalized spacial score (nSPS) is 21.7. The SMILES string of the molecule is O=C(NC1CCCC1)c1ccc(NC(=O)C2CC2c2ccccc2Cl)cc1. The van der Waals surface area contributed by atoms with Crippen LogP contribution < -0.4 is 10.6 Å². The van der Waals surface area contributed by atoms with E-state index in [2.05, 4.69) is 10.6 Å². The molecule has 140 valence electrons. The van der Waals surface area contributed by atoms with Crippen molar-refractivity contribution in [1.29, 1.82) is 0 Å². The number of hydrogen-bond acceptors (Lipinski definition) is 2. The van der Waals surface area contributed by atoms with E-state index in [0.29, 0.717) is 17.3 Å². The zero-order valence-electron chi connectivity index (χ0n) is 15.1. The van der Waals surface area contributed by atoms with Crippen LogP contribution in [0.5, 0.6) is 0 Å². The summed E-state index contributed by atoms with van der Waals surface area (Å²) in [6, 6.07) is 15.1. The van der Waals surface area contributed by atoms with Gasteiger partial charge in [0.25, 0.3) is 5.91 Å². The smallest absolute Gasteiger partial charge is 0.251 e. The van der Waals surface area contributed by atoms with Gasteiger partial charge in [0.05, 0.1) is 0 Å². The molecule has 0 heterocycles. The Balaban J connectivity index is 1.33. The monoisotopic (exact) mass is 382 g/mol. The van der Waals surface area contributed by atoms with Crippen molar-refractivity contribution >= 4 is 29.1 Å². The van der Waals surface area contributed by atoms with E-state index in [0.717, 1.165) is 29.8 Å². The molecule has 2 aliphatic carbocycles. The van der Waals surface area contributed by atoms with Crippen molar-refractivity contribution in [2.75, 3.05) is 5.32 Å². The van der Waals surface area contributed by atoms with E-state index in [1.165, 1.54) is 12.8 Å². The third-order valence-electron chi connectivity index (χ3n) is 5.54. The van der Waals surface area contributed by atoms with Crippen molar-refractivity contribution in [2.45, 2.75) is 44.1 Å². The summed E-state index contributed by atoms with van der Waals surface area (Å²) in [6.07, 6.45) is 5.32. The number of carbonyl (C=O) groups excluding carboxylic acids is 2. The van der Waals surface area contributed by atoms with E-state index in [9.17, 15) is 9.59 Å². The van der Waals surface area contributed by atoms with E-state index < -0.39 is 0 Å². The molecule has 2 unspecified atom stereocenters. The summed E-state index contributed by atoms with van der Waals surface area (Å²) >= 11 is 6.23. The molecular formula is C22H23ClN2O2. The molecule has 2 aromatic rings. The van der Waals surface area contributed by atoms with Crippen LogP contribution in [0, 0.1) is 5.92 Å². The average molecular weight is 383 g/mol. The largest absolute Gasteiger partial charge is 0.349 e. The molecule has 0 aromatic heterocycles. The fourth-order valence-corrected chi connectivity index (χ4v) is 4.16. The summed E-state index contributed by atoms with van der Waals surface area (Å²) in [4.78, 5) is 24.8. The van der Waals surface area contributed by atoms with Crippen LogP contribution in [0.15, 0.2) is 48.5 Å². The lowest BCUT2D eigenvalue weighted by Crippen LogP contribution is -2.32. The van der Waals surface area contributed by atoms with E-state index in [-0.39, 0.29) is 23.7 Å². The number of hydrogen-bond donors (Lipinski definition) is 2. The van der Waals surface area contributed by atoms with Crippen molar-refractivity contribution in [2.24, 2.45) is 5.92 Å². The predicted molar refractivity (Wildman–Crippen MR) is 107 cm³/mol. The van der Waals surface area contributed by atoms with Crippen LogP contribution in [0.25, 0.3) is 0 Å². The lowest BCUT2D eigenvalue weighted by molar-refractivity contribution is -0.117. The van der Waals surface area contributed by atoms with Crippen LogP contribution in [0.3, 0.4) is 0 Å². The van der Waals surface area contributed by atoms with Crippen molar-refractivity contribution < 1.29 is 9.59 Å². The molecule has 2 N–H and O–H groups in total. The first-order chi connectivity index (χ1) is 13.1. The highest BCUT2D eigenvalue weighted by atomic mass is 35.5. The van der Waals surface area contributed by atoms with Gasteiger partial charge in [0.1, 0.15) is 0 Å². The summed E-state index contributed by atoms with van der Waals surface area (Å²) in [5.41, 5.74) is 2.38. The molecule has 4 nitrogen and oxygen atoms in total.